The van der Waals surface area contributed by atoms with Crippen molar-refractivity contribution in [3.63, 3.8) is 0 Å². The second-order valence-corrected chi connectivity index (χ2v) is 8.76. The van der Waals surface area contributed by atoms with Crippen LogP contribution in [0.2, 0.25) is 0 Å². The molecule has 0 unspecified atom stereocenters. The van der Waals surface area contributed by atoms with E-state index in [9.17, 15) is 19.2 Å². The van der Waals surface area contributed by atoms with Crippen LogP contribution in [-0.4, -0.2) is 27.0 Å². The van der Waals surface area contributed by atoms with Crippen LogP contribution in [0.5, 0.6) is 0 Å². The molecule has 1 aliphatic carbocycles. The lowest BCUT2D eigenvalue weighted by molar-refractivity contribution is -0.122. The zero-order chi connectivity index (χ0) is 23.9. The Kier molecular flexibility index (Phi) is 7.57. The number of carbonyl (C=O) groups is 2. The van der Waals surface area contributed by atoms with E-state index in [2.05, 4.69) is 10.6 Å². The second kappa shape index (κ2) is 11.0. The van der Waals surface area contributed by atoms with Crippen LogP contribution in [0.15, 0.2) is 64.2 Å². The van der Waals surface area contributed by atoms with Gasteiger partial charge in [-0.2, -0.15) is 0 Å². The van der Waals surface area contributed by atoms with Crippen LogP contribution >= 0.6 is 0 Å². The Morgan fingerprint density at radius 3 is 2.32 bits per heavy atom. The molecule has 0 aliphatic heterocycles. The molecule has 0 radical (unpaired) electrons. The average Bonchev–Trinajstić information content (AvgIpc) is 3.35. The molecule has 8 heteroatoms. The van der Waals surface area contributed by atoms with Gasteiger partial charge in [-0.15, -0.1) is 0 Å². The summed E-state index contributed by atoms with van der Waals surface area (Å²) in [5.74, 6) is -0.333. The average molecular weight is 463 g/mol. The van der Waals surface area contributed by atoms with Crippen molar-refractivity contribution in [2.24, 2.45) is 0 Å². The van der Waals surface area contributed by atoms with Gasteiger partial charge in [-0.3, -0.25) is 23.5 Å². The van der Waals surface area contributed by atoms with E-state index < -0.39 is 5.69 Å². The highest BCUT2D eigenvalue weighted by molar-refractivity contribution is 5.91. The predicted octanol–water partition coefficient (Wildman–Crippen LogP) is 3.03. The van der Waals surface area contributed by atoms with E-state index in [1.54, 1.807) is 36.4 Å². The summed E-state index contributed by atoms with van der Waals surface area (Å²) < 4.78 is 2.51. The fourth-order valence-electron chi connectivity index (χ4n) is 4.51. The van der Waals surface area contributed by atoms with Crippen molar-refractivity contribution in [3.8, 4) is 0 Å². The Bertz CT molecular complexity index is 1270. The summed E-state index contributed by atoms with van der Waals surface area (Å²) in [5.41, 5.74) is 0.153. The number of anilines is 1. The highest BCUT2D eigenvalue weighted by atomic mass is 16.2. The minimum absolute atomic E-state index is 0.0211. The first-order chi connectivity index (χ1) is 16.5. The maximum absolute atomic E-state index is 13.2. The molecule has 34 heavy (non-hydrogen) atoms. The minimum atomic E-state index is -0.526. The van der Waals surface area contributed by atoms with Crippen molar-refractivity contribution in [1.82, 2.24) is 14.5 Å². The number of para-hydroxylation sites is 2. The lowest BCUT2D eigenvalue weighted by Gasteiger charge is -2.14. The number of rotatable bonds is 9. The fourth-order valence-corrected chi connectivity index (χ4v) is 4.51. The van der Waals surface area contributed by atoms with Crippen LogP contribution in [0.4, 0.5) is 5.69 Å². The smallest absolute Gasteiger partial charge is 0.331 e. The molecule has 1 aromatic heterocycles. The Morgan fingerprint density at radius 1 is 0.853 bits per heavy atom. The van der Waals surface area contributed by atoms with Gasteiger partial charge in [0.25, 0.3) is 5.56 Å². The number of unbranched alkanes of at least 4 members (excludes halogenated alkanes) is 1. The third kappa shape index (κ3) is 5.62. The van der Waals surface area contributed by atoms with Crippen molar-refractivity contribution in [2.75, 3.05) is 5.32 Å². The van der Waals surface area contributed by atoms with Crippen molar-refractivity contribution in [3.05, 3.63) is 75.4 Å². The summed E-state index contributed by atoms with van der Waals surface area (Å²) in [6.07, 6.45) is 5.85. The van der Waals surface area contributed by atoms with E-state index in [0.717, 1.165) is 25.7 Å². The molecule has 1 fully saturated rings. The van der Waals surface area contributed by atoms with Gasteiger partial charge in [-0.25, -0.2) is 4.79 Å². The van der Waals surface area contributed by atoms with Gasteiger partial charge in [0.1, 0.15) is 6.54 Å². The van der Waals surface area contributed by atoms with E-state index in [1.165, 1.54) is 9.13 Å². The standard InChI is InChI=1S/C26H30N4O4/c31-23(27-19-12-4-5-13-19)16-8-9-17-29-25(33)21-14-6-7-15-22(21)30(26(29)34)18-24(32)28-20-10-2-1-3-11-20/h1-3,6-7,10-11,14-15,19H,4-5,8-9,12-13,16-18H2,(H,27,31)(H,28,32). The Hall–Kier alpha value is -3.68. The lowest BCUT2D eigenvalue weighted by atomic mass is 10.2. The summed E-state index contributed by atoms with van der Waals surface area (Å²) >= 11 is 0. The molecule has 3 aromatic rings. The van der Waals surface area contributed by atoms with Crippen LogP contribution < -0.4 is 21.9 Å². The first kappa shape index (κ1) is 23.5. The molecule has 8 nitrogen and oxygen atoms in total. The molecule has 0 bridgehead atoms. The number of hydrogen-bond donors (Lipinski definition) is 2. The van der Waals surface area contributed by atoms with Crippen LogP contribution in [-0.2, 0) is 22.7 Å². The molecule has 2 amide bonds. The fraction of sp³-hybridized carbons (Fsp3) is 0.385. The topological polar surface area (TPSA) is 102 Å². The Balaban J connectivity index is 1.47. The van der Waals surface area contributed by atoms with Gasteiger partial charge in [-0.05, 0) is 49.9 Å². The molecule has 178 valence electrons. The van der Waals surface area contributed by atoms with Crippen LogP contribution in [0, 0.1) is 0 Å². The van der Waals surface area contributed by atoms with E-state index in [4.69, 9.17) is 0 Å². The molecule has 4 rings (SSSR count). The van der Waals surface area contributed by atoms with Gasteiger partial charge in [0, 0.05) is 24.7 Å². The summed E-state index contributed by atoms with van der Waals surface area (Å²) in [7, 11) is 0. The highest BCUT2D eigenvalue weighted by Crippen LogP contribution is 2.17. The number of nitrogens with zero attached hydrogens (tertiary/aromatic N) is 2. The maximum Gasteiger partial charge on any atom is 0.331 e. The zero-order valence-corrected chi connectivity index (χ0v) is 19.2. The summed E-state index contributed by atoms with van der Waals surface area (Å²) in [5, 5.41) is 6.22. The third-order valence-corrected chi connectivity index (χ3v) is 6.25. The van der Waals surface area contributed by atoms with E-state index in [-0.39, 0.29) is 36.5 Å². The van der Waals surface area contributed by atoms with Gasteiger partial charge in [0.15, 0.2) is 0 Å². The summed E-state index contributed by atoms with van der Waals surface area (Å²) in [6.45, 7) is -0.0160. The number of aromatic nitrogens is 2. The van der Waals surface area contributed by atoms with Crippen molar-refractivity contribution >= 4 is 28.4 Å². The third-order valence-electron chi connectivity index (χ3n) is 6.25. The van der Waals surface area contributed by atoms with E-state index >= 15 is 0 Å². The second-order valence-electron chi connectivity index (χ2n) is 8.76. The number of amides is 2. The molecular formula is C26H30N4O4. The maximum atomic E-state index is 13.2. The van der Waals surface area contributed by atoms with Crippen LogP contribution in [0.25, 0.3) is 10.9 Å². The van der Waals surface area contributed by atoms with Gasteiger partial charge >= 0.3 is 5.69 Å². The lowest BCUT2D eigenvalue weighted by Crippen LogP contribution is -2.41. The Labute approximate surface area is 197 Å². The molecule has 2 N–H and O–H groups in total. The minimum Gasteiger partial charge on any atom is -0.353 e. The monoisotopic (exact) mass is 462 g/mol. The number of nitrogens with one attached hydrogen (secondary N) is 2. The first-order valence-electron chi connectivity index (χ1n) is 11.9. The number of hydrogen-bond acceptors (Lipinski definition) is 4. The van der Waals surface area contributed by atoms with Gasteiger partial charge in [0.05, 0.1) is 10.9 Å². The summed E-state index contributed by atoms with van der Waals surface area (Å²) in [4.78, 5) is 51.0. The molecule has 0 spiro atoms. The Morgan fingerprint density at radius 2 is 1.56 bits per heavy atom. The van der Waals surface area contributed by atoms with Crippen molar-refractivity contribution in [1.29, 1.82) is 0 Å². The van der Waals surface area contributed by atoms with Crippen LogP contribution in [0.1, 0.15) is 44.9 Å². The van der Waals surface area contributed by atoms with Crippen LogP contribution in [0.3, 0.4) is 0 Å². The molecular weight excluding hydrogens is 432 g/mol. The molecule has 1 saturated carbocycles. The quantitative estimate of drug-likeness (QED) is 0.477. The van der Waals surface area contributed by atoms with Gasteiger partial charge in [0.2, 0.25) is 11.8 Å². The molecule has 2 aromatic carbocycles. The molecule has 0 saturated heterocycles. The predicted molar refractivity (Wildman–Crippen MR) is 132 cm³/mol. The van der Waals surface area contributed by atoms with E-state index in [1.807, 2.05) is 18.2 Å². The number of carbonyl (C=O) groups excluding carboxylic acids is 2. The number of fused-ring (bicyclic) bond motifs is 1. The van der Waals surface area contributed by atoms with Gasteiger partial charge < -0.3 is 10.6 Å². The van der Waals surface area contributed by atoms with E-state index in [0.29, 0.717) is 35.9 Å². The number of benzene rings is 2. The van der Waals surface area contributed by atoms with Gasteiger partial charge in [-0.1, -0.05) is 43.2 Å². The molecule has 1 aliphatic rings. The SMILES string of the molecule is O=C(Cn1c(=O)n(CCCCC(=O)NC2CCCC2)c(=O)c2ccccc21)Nc1ccccc1. The van der Waals surface area contributed by atoms with Crippen molar-refractivity contribution in [2.45, 2.75) is 64.1 Å². The van der Waals surface area contributed by atoms with Crippen molar-refractivity contribution < 1.29 is 9.59 Å². The molecule has 0 atom stereocenters. The highest BCUT2D eigenvalue weighted by Gasteiger charge is 2.18. The first-order valence-corrected chi connectivity index (χ1v) is 11.9. The normalized spacial score (nSPS) is 13.8. The largest absolute Gasteiger partial charge is 0.353 e. The summed E-state index contributed by atoms with van der Waals surface area (Å²) in [6, 6.07) is 16.1. The zero-order valence-electron chi connectivity index (χ0n) is 19.2. The molecule has 1 heterocycles.